The first kappa shape index (κ1) is 21.5. The smallest absolute Gasteiger partial charge is 0.325 e. The molecule has 24 heavy (non-hydrogen) atoms. The van der Waals surface area contributed by atoms with Crippen LogP contribution in [0.3, 0.4) is 0 Å². The van der Waals surface area contributed by atoms with E-state index in [4.69, 9.17) is 4.43 Å². The van der Waals surface area contributed by atoms with Crippen molar-refractivity contribution in [3.05, 3.63) is 29.8 Å². The maximum atomic E-state index is 12.9. The monoisotopic (exact) mass is 382 g/mol. The van der Waals surface area contributed by atoms with E-state index in [1.807, 2.05) is 29.4 Å². The Kier molecular flexibility index (Phi) is 6.28. The Morgan fingerprint density at radius 1 is 0.917 bits per heavy atom. The number of carbonyl (C=O) groups excluding carboxylic acids is 1. The van der Waals surface area contributed by atoms with Gasteiger partial charge in [-0.15, -0.1) is 0 Å². The summed E-state index contributed by atoms with van der Waals surface area (Å²) in [4.78, 5) is 13.9. The molecule has 0 amide bonds. The van der Waals surface area contributed by atoms with Crippen LogP contribution in [0.2, 0.25) is 36.3 Å². The third-order valence-corrected chi connectivity index (χ3v) is 18.5. The average Bonchev–Trinajstić information content (AvgIpc) is 2.35. The first-order valence-electron chi connectivity index (χ1n) is 8.60. The van der Waals surface area contributed by atoms with E-state index in [0.717, 1.165) is 10.5 Å². The van der Waals surface area contributed by atoms with Crippen molar-refractivity contribution < 1.29 is 9.22 Å². The molecule has 2 nitrogen and oxygen atoms in total. The van der Waals surface area contributed by atoms with Gasteiger partial charge in [-0.3, -0.25) is 0 Å². The fraction of sp³-hybridized carbons (Fsp3) is 0.632. The predicted octanol–water partition coefficient (Wildman–Crippen LogP) is 6.95. The Hall–Kier alpha value is -0.526. The third-order valence-electron chi connectivity index (χ3n) is 5.43. The van der Waals surface area contributed by atoms with Gasteiger partial charge in [0.25, 0.3) is 8.32 Å². The summed E-state index contributed by atoms with van der Waals surface area (Å²) in [6.45, 7) is 22.3. The van der Waals surface area contributed by atoms with Crippen LogP contribution in [0.15, 0.2) is 29.2 Å². The van der Waals surface area contributed by atoms with Gasteiger partial charge in [-0.05, 0) is 35.3 Å². The molecule has 0 aromatic heterocycles. The molecule has 0 heterocycles. The van der Waals surface area contributed by atoms with Gasteiger partial charge in [-0.2, -0.15) is 11.2 Å². The summed E-state index contributed by atoms with van der Waals surface area (Å²) in [6.07, 6.45) is 0. The first-order chi connectivity index (χ1) is 10.6. The molecule has 5 heteroatoms. The van der Waals surface area contributed by atoms with Gasteiger partial charge in [0.05, 0.1) is 5.56 Å². The molecule has 0 saturated carbocycles. The van der Waals surface area contributed by atoms with Crippen molar-refractivity contribution in [2.75, 3.05) is 0 Å². The van der Waals surface area contributed by atoms with Gasteiger partial charge in [-0.25, -0.2) is 4.79 Å². The number of hydrogen-bond donors (Lipinski definition) is 0. The van der Waals surface area contributed by atoms with Crippen LogP contribution >= 0.6 is 11.2 Å². The summed E-state index contributed by atoms with van der Waals surface area (Å²) in [7, 11) is -3.71. The molecule has 1 aromatic rings. The Morgan fingerprint density at radius 2 is 1.42 bits per heavy atom. The van der Waals surface area contributed by atoms with Crippen molar-refractivity contribution in [1.82, 2.24) is 0 Å². The Morgan fingerprint density at radius 3 is 1.88 bits per heavy atom. The van der Waals surface area contributed by atoms with Crippen molar-refractivity contribution in [1.29, 1.82) is 0 Å². The van der Waals surface area contributed by atoms with Crippen molar-refractivity contribution >= 4 is 32.7 Å². The second kappa shape index (κ2) is 7.00. The fourth-order valence-corrected chi connectivity index (χ4v) is 6.84. The maximum absolute atomic E-state index is 12.9. The molecule has 0 radical (unpaired) electrons. The van der Waals surface area contributed by atoms with Crippen LogP contribution in [0, 0.1) is 0 Å². The molecule has 0 aliphatic carbocycles. The molecule has 1 aromatic carbocycles. The van der Waals surface area contributed by atoms with Crippen LogP contribution in [0.4, 0.5) is 0 Å². The Labute approximate surface area is 154 Å². The van der Waals surface area contributed by atoms with Gasteiger partial charge in [0, 0.05) is 4.90 Å². The zero-order chi connectivity index (χ0) is 19.0. The van der Waals surface area contributed by atoms with Crippen molar-refractivity contribution in [2.45, 2.75) is 82.7 Å². The summed E-state index contributed by atoms with van der Waals surface area (Å²) in [6, 6.07) is 7.91. The molecule has 136 valence electrons. The van der Waals surface area contributed by atoms with E-state index in [1.165, 1.54) is 0 Å². The van der Waals surface area contributed by atoms with E-state index in [2.05, 4.69) is 73.8 Å². The molecule has 0 N–H and O–H groups in total. The lowest BCUT2D eigenvalue weighted by Gasteiger charge is -2.37. The second-order valence-electron chi connectivity index (χ2n) is 9.51. The van der Waals surface area contributed by atoms with Crippen LogP contribution in [0.25, 0.3) is 0 Å². The molecule has 0 aliphatic rings. The quantitative estimate of drug-likeness (QED) is 0.527. The highest BCUT2D eigenvalue weighted by Gasteiger charge is 2.41. The van der Waals surface area contributed by atoms with E-state index in [0.29, 0.717) is 0 Å². The highest BCUT2D eigenvalue weighted by molar-refractivity contribution is 8.29. The summed E-state index contributed by atoms with van der Waals surface area (Å²) in [5, 5.41) is 0.276. The van der Waals surface area contributed by atoms with Crippen molar-refractivity contribution in [3.63, 3.8) is 0 Å². The first-order valence-corrected chi connectivity index (χ1v) is 16.0. The summed E-state index contributed by atoms with van der Waals surface area (Å²) >= 11 is 1.89. The van der Waals surface area contributed by atoms with Crippen LogP contribution in [-0.2, 0) is 4.43 Å². The second-order valence-corrected chi connectivity index (χ2v) is 23.1. The zero-order valence-electron chi connectivity index (χ0n) is 17.0. The molecule has 0 spiro atoms. The van der Waals surface area contributed by atoms with Crippen LogP contribution in [0.5, 0.6) is 0 Å². The maximum Gasteiger partial charge on any atom is 0.325 e. The van der Waals surface area contributed by atoms with Gasteiger partial charge in [0.15, 0.2) is 0 Å². The molecular formula is C19H34O2SSi2. The summed E-state index contributed by atoms with van der Waals surface area (Å²) in [5.41, 5.74) is 0.720. The third kappa shape index (κ3) is 4.99. The SMILES string of the molecule is CC(C)(C)[Si](C)(C)OC(=O)c1ccccc1S[Si](C)(C)C(C)(C)C. The number of carbonyl (C=O) groups is 1. The predicted molar refractivity (Wildman–Crippen MR) is 112 cm³/mol. The Balaban J connectivity index is 3.13. The molecule has 0 bridgehead atoms. The average molecular weight is 383 g/mol. The molecule has 1 rings (SSSR count). The lowest BCUT2D eigenvalue weighted by Crippen LogP contribution is -2.42. The van der Waals surface area contributed by atoms with Crippen LogP contribution in [0.1, 0.15) is 51.9 Å². The van der Waals surface area contributed by atoms with E-state index in [-0.39, 0.29) is 16.0 Å². The lowest BCUT2D eigenvalue weighted by molar-refractivity contribution is 0.0709. The Bertz CT molecular complexity index is 596. The molecule has 0 aliphatic heterocycles. The molecule has 0 saturated heterocycles. The van der Waals surface area contributed by atoms with Gasteiger partial charge in [0.2, 0.25) is 0 Å². The van der Waals surface area contributed by atoms with E-state index >= 15 is 0 Å². The normalized spacial score (nSPS) is 13.8. The van der Waals surface area contributed by atoms with E-state index in [9.17, 15) is 4.79 Å². The summed E-state index contributed by atoms with van der Waals surface area (Å²) in [5.74, 6) is -0.164. The van der Waals surface area contributed by atoms with Gasteiger partial charge < -0.3 is 4.43 Å². The van der Waals surface area contributed by atoms with Gasteiger partial charge >= 0.3 is 5.97 Å². The number of rotatable bonds is 4. The fourth-order valence-electron chi connectivity index (χ4n) is 1.59. The lowest BCUT2D eigenvalue weighted by atomic mass is 10.2. The zero-order valence-corrected chi connectivity index (χ0v) is 19.9. The minimum Gasteiger partial charge on any atom is -0.516 e. The van der Waals surface area contributed by atoms with Gasteiger partial charge in [0.1, 0.15) is 7.22 Å². The minimum atomic E-state index is -2.12. The molecule has 0 unspecified atom stereocenters. The van der Waals surface area contributed by atoms with Crippen LogP contribution in [-0.4, -0.2) is 21.5 Å². The van der Waals surface area contributed by atoms with E-state index < -0.39 is 15.5 Å². The van der Waals surface area contributed by atoms with Crippen molar-refractivity contribution in [2.24, 2.45) is 0 Å². The van der Waals surface area contributed by atoms with Crippen LogP contribution < -0.4 is 0 Å². The largest absolute Gasteiger partial charge is 0.516 e. The molecular weight excluding hydrogens is 348 g/mol. The number of benzene rings is 1. The van der Waals surface area contributed by atoms with Crippen molar-refractivity contribution in [3.8, 4) is 0 Å². The molecule has 0 atom stereocenters. The topological polar surface area (TPSA) is 26.3 Å². The van der Waals surface area contributed by atoms with Gasteiger partial charge in [-0.1, -0.05) is 66.8 Å². The molecule has 0 fully saturated rings. The summed E-state index contributed by atoms with van der Waals surface area (Å²) < 4.78 is 6.03. The number of hydrogen-bond acceptors (Lipinski definition) is 3. The highest BCUT2D eigenvalue weighted by Crippen LogP contribution is 2.47. The van der Waals surface area contributed by atoms with E-state index in [1.54, 1.807) is 0 Å². The minimum absolute atomic E-state index is 0.0180. The highest BCUT2D eigenvalue weighted by atomic mass is 32.4. The standard InChI is InChI=1S/C19H34O2SSi2/c1-18(2,3)23(7,8)21-17(20)15-13-11-12-14-16(15)22-24(9,10)19(4,5)6/h11-14H,1-10H3.